The van der Waals surface area contributed by atoms with Crippen LogP contribution in [0.4, 0.5) is 11.4 Å². The smallest absolute Gasteiger partial charge is 0.329 e. The Kier molecular flexibility index (Phi) is 4.17. The van der Waals surface area contributed by atoms with Crippen LogP contribution in [0.2, 0.25) is 0 Å². The first-order chi connectivity index (χ1) is 19.4. The number of fused-ring (bicyclic) bond motifs is 15. The molecular formula is C36H23BN2. The molecule has 7 aromatic rings. The number of benzene rings is 6. The molecule has 9 rings (SSSR count). The minimum atomic E-state index is 0.0904. The van der Waals surface area contributed by atoms with E-state index in [2.05, 4.69) is 149 Å². The van der Waals surface area contributed by atoms with Gasteiger partial charge in [-0.2, -0.15) is 0 Å². The fraction of sp³-hybridized carbons (Fsp3) is 0. The second-order valence-corrected chi connectivity index (χ2v) is 10.5. The summed E-state index contributed by atoms with van der Waals surface area (Å²) in [5.41, 5.74) is 14.2. The van der Waals surface area contributed by atoms with Crippen LogP contribution in [0, 0.1) is 0 Å². The molecule has 0 unspecified atom stereocenters. The molecule has 0 atom stereocenters. The Bertz CT molecular complexity index is 2090. The number of nitrogens with zero attached hydrogens (tertiary/aromatic N) is 2. The van der Waals surface area contributed by atoms with Gasteiger partial charge in [-0.1, -0.05) is 109 Å². The maximum Gasteiger partial charge on any atom is 0.329 e. The summed E-state index contributed by atoms with van der Waals surface area (Å²) in [7, 11) is 0. The van der Waals surface area contributed by atoms with Gasteiger partial charge in [0.25, 0.3) is 0 Å². The summed E-state index contributed by atoms with van der Waals surface area (Å²) in [5.74, 6) is 0. The van der Waals surface area contributed by atoms with Crippen LogP contribution in [0.5, 0.6) is 0 Å². The topological polar surface area (TPSA) is 8.17 Å². The summed E-state index contributed by atoms with van der Waals surface area (Å²) in [6.07, 6.45) is 0. The van der Waals surface area contributed by atoms with Gasteiger partial charge < -0.3 is 9.38 Å². The molecule has 0 saturated carbocycles. The Morgan fingerprint density at radius 1 is 0.436 bits per heavy atom. The van der Waals surface area contributed by atoms with Crippen molar-refractivity contribution in [2.75, 3.05) is 4.81 Å². The van der Waals surface area contributed by atoms with E-state index in [-0.39, 0.29) is 6.85 Å². The summed E-state index contributed by atoms with van der Waals surface area (Å²) in [6.45, 7) is 0.0904. The first-order valence-corrected chi connectivity index (χ1v) is 13.6. The van der Waals surface area contributed by atoms with Crippen LogP contribution in [0.1, 0.15) is 0 Å². The molecule has 2 nitrogen and oxygen atoms in total. The molecule has 0 saturated heterocycles. The molecule has 0 N–H and O–H groups in total. The lowest BCUT2D eigenvalue weighted by Gasteiger charge is -2.43. The van der Waals surface area contributed by atoms with Crippen molar-refractivity contribution < 1.29 is 0 Å². The lowest BCUT2D eigenvalue weighted by atomic mass is 9.43. The summed E-state index contributed by atoms with van der Waals surface area (Å²) < 4.78 is 2.47. The van der Waals surface area contributed by atoms with E-state index in [9.17, 15) is 0 Å². The minimum Gasteiger partial charge on any atom is -0.376 e. The molecule has 2 aliphatic heterocycles. The Hall–Kier alpha value is -5.02. The average Bonchev–Trinajstić information content (AvgIpc) is 3.35. The molecule has 1 aromatic heterocycles. The third kappa shape index (κ3) is 2.72. The number of hydrogen-bond donors (Lipinski definition) is 0. The van der Waals surface area contributed by atoms with Crippen molar-refractivity contribution >= 4 is 51.0 Å². The number of rotatable bonds is 1. The Labute approximate surface area is 227 Å². The van der Waals surface area contributed by atoms with Crippen LogP contribution in [-0.4, -0.2) is 11.4 Å². The largest absolute Gasteiger partial charge is 0.376 e. The van der Waals surface area contributed by atoms with Crippen LogP contribution in [0.3, 0.4) is 0 Å². The molecule has 2 aliphatic rings. The van der Waals surface area contributed by atoms with Crippen molar-refractivity contribution in [2.45, 2.75) is 0 Å². The fourth-order valence-electron chi connectivity index (χ4n) is 7.07. The number of para-hydroxylation sites is 4. The SMILES string of the molecule is c1ccc(-n2c3ccccc3c3ccc4c(c32)-c2ccccc2N2B4c3ccccc3-c3ccccc32)cc1. The lowest BCUT2D eigenvalue weighted by molar-refractivity contribution is 1.18. The van der Waals surface area contributed by atoms with Crippen LogP contribution >= 0.6 is 0 Å². The predicted octanol–water partition coefficient (Wildman–Crippen LogP) is 7.69. The van der Waals surface area contributed by atoms with Crippen LogP contribution in [-0.2, 0) is 0 Å². The maximum absolute atomic E-state index is 2.57. The van der Waals surface area contributed by atoms with Gasteiger partial charge >= 0.3 is 6.85 Å². The monoisotopic (exact) mass is 494 g/mol. The quantitative estimate of drug-likeness (QED) is 0.213. The highest BCUT2D eigenvalue weighted by molar-refractivity contribution is 6.92. The third-order valence-electron chi connectivity index (χ3n) is 8.58. The van der Waals surface area contributed by atoms with E-state index in [1.807, 2.05) is 0 Å². The highest BCUT2D eigenvalue weighted by Gasteiger charge is 2.43. The van der Waals surface area contributed by atoms with E-state index in [0.29, 0.717) is 0 Å². The zero-order valence-electron chi connectivity index (χ0n) is 21.3. The first-order valence-electron chi connectivity index (χ1n) is 13.6. The van der Waals surface area contributed by atoms with E-state index in [1.54, 1.807) is 0 Å². The standard InChI is InChI=1S/C36H23BN2/c1-2-12-24(13-3-1)38-32-19-9-5-16-27(32)28-22-23-31-35(36(28)38)29-17-7-11-21-34(29)39-33-20-10-6-15-26(33)25-14-4-8-18-30(25)37(31)39/h1-23H. The van der Waals surface area contributed by atoms with Gasteiger partial charge in [0, 0.05) is 44.5 Å². The van der Waals surface area contributed by atoms with Crippen LogP contribution < -0.4 is 15.7 Å². The number of aromatic nitrogens is 1. The van der Waals surface area contributed by atoms with Gasteiger partial charge in [-0.3, -0.25) is 0 Å². The number of hydrogen-bond acceptors (Lipinski definition) is 1. The van der Waals surface area contributed by atoms with E-state index in [1.165, 1.54) is 72.0 Å². The van der Waals surface area contributed by atoms with E-state index in [4.69, 9.17) is 0 Å². The maximum atomic E-state index is 2.57. The highest BCUT2D eigenvalue weighted by atomic mass is 15.1. The molecule has 3 heteroatoms. The molecule has 180 valence electrons. The van der Waals surface area contributed by atoms with Gasteiger partial charge in [-0.15, -0.1) is 0 Å². The molecule has 0 spiro atoms. The second-order valence-electron chi connectivity index (χ2n) is 10.5. The van der Waals surface area contributed by atoms with Crippen molar-refractivity contribution in [3.63, 3.8) is 0 Å². The van der Waals surface area contributed by atoms with E-state index < -0.39 is 0 Å². The molecule has 39 heavy (non-hydrogen) atoms. The first kappa shape index (κ1) is 21.0. The van der Waals surface area contributed by atoms with Gasteiger partial charge in [0.05, 0.1) is 11.0 Å². The summed E-state index contributed by atoms with van der Waals surface area (Å²) in [4.78, 5) is 2.57. The predicted molar refractivity (Wildman–Crippen MR) is 165 cm³/mol. The molecule has 0 radical (unpaired) electrons. The lowest BCUT2D eigenvalue weighted by Crippen LogP contribution is -2.59. The fourth-order valence-corrected chi connectivity index (χ4v) is 7.07. The molecule has 0 fully saturated rings. The van der Waals surface area contributed by atoms with Crippen molar-refractivity contribution in [3.8, 4) is 27.9 Å². The second kappa shape index (κ2) is 7.75. The molecule has 0 bridgehead atoms. The Morgan fingerprint density at radius 2 is 1.08 bits per heavy atom. The van der Waals surface area contributed by atoms with Crippen molar-refractivity contribution in [1.82, 2.24) is 4.57 Å². The number of anilines is 2. The summed E-state index contributed by atoms with van der Waals surface area (Å²) in [5, 5.41) is 2.58. The van der Waals surface area contributed by atoms with Gasteiger partial charge in [0.2, 0.25) is 0 Å². The molecule has 3 heterocycles. The van der Waals surface area contributed by atoms with Gasteiger partial charge in [-0.25, -0.2) is 0 Å². The Morgan fingerprint density at radius 3 is 1.92 bits per heavy atom. The van der Waals surface area contributed by atoms with E-state index >= 15 is 0 Å². The zero-order valence-corrected chi connectivity index (χ0v) is 21.3. The molecular weight excluding hydrogens is 471 g/mol. The summed E-state index contributed by atoms with van der Waals surface area (Å²) in [6, 6.07) is 51.1. The Balaban J connectivity index is 1.48. The van der Waals surface area contributed by atoms with E-state index in [0.717, 1.165) is 0 Å². The van der Waals surface area contributed by atoms with Gasteiger partial charge in [0.15, 0.2) is 0 Å². The molecule has 6 aromatic carbocycles. The van der Waals surface area contributed by atoms with Gasteiger partial charge in [0.1, 0.15) is 0 Å². The van der Waals surface area contributed by atoms with Crippen LogP contribution in [0.25, 0.3) is 49.7 Å². The third-order valence-corrected chi connectivity index (χ3v) is 8.58. The summed E-state index contributed by atoms with van der Waals surface area (Å²) >= 11 is 0. The zero-order chi connectivity index (χ0) is 25.5. The van der Waals surface area contributed by atoms with Crippen molar-refractivity contribution in [1.29, 1.82) is 0 Å². The van der Waals surface area contributed by atoms with Crippen molar-refractivity contribution in [2.24, 2.45) is 0 Å². The molecule has 0 amide bonds. The normalized spacial score (nSPS) is 13.0. The van der Waals surface area contributed by atoms with Gasteiger partial charge in [-0.05, 0) is 46.8 Å². The minimum absolute atomic E-state index is 0.0904. The average molecular weight is 494 g/mol. The van der Waals surface area contributed by atoms with Crippen LogP contribution in [0.15, 0.2) is 140 Å². The highest BCUT2D eigenvalue weighted by Crippen LogP contribution is 2.48. The molecule has 0 aliphatic carbocycles. The van der Waals surface area contributed by atoms with Crippen molar-refractivity contribution in [3.05, 3.63) is 140 Å².